The Hall–Kier alpha value is -3.12. The summed E-state index contributed by atoms with van der Waals surface area (Å²) in [5, 5.41) is 2.70. The van der Waals surface area contributed by atoms with Crippen molar-refractivity contribution in [2.24, 2.45) is 7.05 Å². The SMILES string of the molecule is Cc1ccc(COCC(=O)Nc2c(C)n(C)n(-c3ccccc3)c2=O)c(C)c1. The van der Waals surface area contributed by atoms with Crippen LogP contribution in [0.5, 0.6) is 0 Å². The van der Waals surface area contributed by atoms with Crippen LogP contribution in [0.2, 0.25) is 0 Å². The topological polar surface area (TPSA) is 65.3 Å². The summed E-state index contributed by atoms with van der Waals surface area (Å²) >= 11 is 0. The molecule has 0 bridgehead atoms. The highest BCUT2D eigenvalue weighted by atomic mass is 16.5. The van der Waals surface area contributed by atoms with Crippen LogP contribution in [0.3, 0.4) is 0 Å². The lowest BCUT2D eigenvalue weighted by atomic mass is 10.1. The van der Waals surface area contributed by atoms with Crippen LogP contribution in [0.4, 0.5) is 5.69 Å². The summed E-state index contributed by atoms with van der Waals surface area (Å²) in [6, 6.07) is 15.4. The zero-order valence-corrected chi connectivity index (χ0v) is 16.7. The lowest BCUT2D eigenvalue weighted by molar-refractivity contribution is -0.121. The van der Waals surface area contributed by atoms with E-state index in [0.717, 1.165) is 16.8 Å². The maximum Gasteiger partial charge on any atom is 0.295 e. The molecule has 0 aliphatic rings. The molecule has 1 aromatic heterocycles. The highest BCUT2D eigenvalue weighted by molar-refractivity contribution is 5.92. The van der Waals surface area contributed by atoms with E-state index in [-0.39, 0.29) is 23.8 Å². The molecule has 3 aromatic rings. The maximum absolute atomic E-state index is 12.8. The maximum atomic E-state index is 12.8. The number of carbonyl (C=O) groups excluding carboxylic acids is 1. The summed E-state index contributed by atoms with van der Waals surface area (Å²) in [5.41, 5.74) is 4.78. The van der Waals surface area contributed by atoms with Gasteiger partial charge in [-0.2, -0.15) is 0 Å². The van der Waals surface area contributed by atoms with Gasteiger partial charge in [0.05, 0.1) is 18.0 Å². The van der Waals surface area contributed by atoms with E-state index >= 15 is 0 Å². The van der Waals surface area contributed by atoms with Gasteiger partial charge in [0.1, 0.15) is 12.3 Å². The Morgan fingerprint density at radius 2 is 1.79 bits per heavy atom. The molecule has 3 rings (SSSR count). The molecule has 0 aliphatic carbocycles. The minimum Gasteiger partial charge on any atom is -0.367 e. The normalized spacial score (nSPS) is 10.9. The Kier molecular flexibility index (Phi) is 5.80. The summed E-state index contributed by atoms with van der Waals surface area (Å²) in [4.78, 5) is 25.1. The molecule has 0 aliphatic heterocycles. The van der Waals surface area contributed by atoms with Crippen molar-refractivity contribution in [3.05, 3.63) is 81.3 Å². The Bertz CT molecular complexity index is 1050. The number of amides is 1. The van der Waals surface area contributed by atoms with E-state index in [1.54, 1.807) is 18.7 Å². The van der Waals surface area contributed by atoms with Gasteiger partial charge < -0.3 is 10.1 Å². The third-order valence-electron chi connectivity index (χ3n) is 4.81. The van der Waals surface area contributed by atoms with Crippen molar-refractivity contribution in [1.82, 2.24) is 9.36 Å². The zero-order valence-electron chi connectivity index (χ0n) is 16.7. The second-order valence-electron chi connectivity index (χ2n) is 6.91. The molecule has 28 heavy (non-hydrogen) atoms. The monoisotopic (exact) mass is 379 g/mol. The van der Waals surface area contributed by atoms with Crippen molar-refractivity contribution >= 4 is 11.6 Å². The average molecular weight is 379 g/mol. The van der Waals surface area contributed by atoms with E-state index in [0.29, 0.717) is 12.3 Å². The highest BCUT2D eigenvalue weighted by Gasteiger charge is 2.18. The zero-order chi connectivity index (χ0) is 20.3. The number of aryl methyl sites for hydroxylation is 2. The first-order chi connectivity index (χ1) is 13.4. The fourth-order valence-electron chi connectivity index (χ4n) is 3.15. The second kappa shape index (κ2) is 8.27. The van der Waals surface area contributed by atoms with Crippen LogP contribution in [-0.4, -0.2) is 21.9 Å². The first-order valence-electron chi connectivity index (χ1n) is 9.16. The lowest BCUT2D eigenvalue weighted by Gasteiger charge is -2.08. The molecule has 0 spiro atoms. The molecular formula is C22H25N3O3. The van der Waals surface area contributed by atoms with Gasteiger partial charge in [0, 0.05) is 7.05 Å². The van der Waals surface area contributed by atoms with Crippen molar-refractivity contribution < 1.29 is 9.53 Å². The molecule has 6 heteroatoms. The molecule has 0 saturated carbocycles. The predicted octanol–water partition coefficient (Wildman–Crippen LogP) is 3.26. The van der Waals surface area contributed by atoms with Crippen LogP contribution in [-0.2, 0) is 23.2 Å². The van der Waals surface area contributed by atoms with Crippen molar-refractivity contribution in [2.45, 2.75) is 27.4 Å². The number of ether oxygens (including phenoxy) is 1. The largest absolute Gasteiger partial charge is 0.367 e. The quantitative estimate of drug-likeness (QED) is 0.715. The smallest absolute Gasteiger partial charge is 0.295 e. The number of para-hydroxylation sites is 1. The molecule has 146 valence electrons. The second-order valence-corrected chi connectivity index (χ2v) is 6.91. The summed E-state index contributed by atoms with van der Waals surface area (Å²) < 4.78 is 8.80. The Balaban J connectivity index is 1.68. The minimum absolute atomic E-state index is 0.119. The number of hydrogen-bond donors (Lipinski definition) is 1. The predicted molar refractivity (Wildman–Crippen MR) is 110 cm³/mol. The fraction of sp³-hybridized carbons (Fsp3) is 0.273. The molecule has 0 saturated heterocycles. The number of nitrogens with zero attached hydrogens (tertiary/aromatic N) is 2. The van der Waals surface area contributed by atoms with Gasteiger partial charge in [0.2, 0.25) is 0 Å². The molecular weight excluding hydrogens is 354 g/mol. The molecule has 6 nitrogen and oxygen atoms in total. The molecule has 0 atom stereocenters. The van der Waals surface area contributed by atoms with Crippen molar-refractivity contribution in [1.29, 1.82) is 0 Å². The standard InChI is InChI=1S/C22H25N3O3/c1-15-10-11-18(16(2)12-15)13-28-14-20(26)23-21-17(3)24(4)25(22(21)27)19-8-6-5-7-9-19/h5-12H,13-14H2,1-4H3,(H,23,26). The van der Waals surface area contributed by atoms with Crippen LogP contribution in [0.1, 0.15) is 22.4 Å². The summed E-state index contributed by atoms with van der Waals surface area (Å²) in [6.45, 7) is 6.08. The molecule has 1 amide bonds. The Morgan fingerprint density at radius 1 is 1.07 bits per heavy atom. The van der Waals surface area contributed by atoms with Gasteiger partial charge in [0.25, 0.3) is 11.5 Å². The van der Waals surface area contributed by atoms with Crippen LogP contribution in [0.25, 0.3) is 5.69 Å². The summed E-state index contributed by atoms with van der Waals surface area (Å²) in [7, 11) is 1.79. The highest BCUT2D eigenvalue weighted by Crippen LogP contribution is 2.14. The van der Waals surface area contributed by atoms with E-state index < -0.39 is 0 Å². The number of benzene rings is 2. The van der Waals surface area contributed by atoms with E-state index in [2.05, 4.69) is 11.4 Å². The number of rotatable bonds is 6. The number of nitrogens with one attached hydrogen (secondary N) is 1. The van der Waals surface area contributed by atoms with E-state index in [9.17, 15) is 9.59 Å². The number of carbonyl (C=O) groups is 1. The van der Waals surface area contributed by atoms with Gasteiger partial charge in [0.15, 0.2) is 0 Å². The van der Waals surface area contributed by atoms with Gasteiger partial charge in [-0.25, -0.2) is 4.68 Å². The third-order valence-corrected chi connectivity index (χ3v) is 4.81. The van der Waals surface area contributed by atoms with Crippen molar-refractivity contribution in [3.8, 4) is 5.69 Å². The first-order valence-corrected chi connectivity index (χ1v) is 9.16. The van der Waals surface area contributed by atoms with E-state index in [1.165, 1.54) is 10.2 Å². The minimum atomic E-state index is -0.351. The number of aromatic nitrogens is 2. The number of hydrogen-bond acceptors (Lipinski definition) is 3. The molecule has 0 radical (unpaired) electrons. The van der Waals surface area contributed by atoms with E-state index in [1.807, 2.05) is 56.3 Å². The average Bonchev–Trinajstić information content (AvgIpc) is 2.87. The van der Waals surface area contributed by atoms with Crippen LogP contribution in [0, 0.1) is 20.8 Å². The molecule has 1 N–H and O–H groups in total. The molecule has 1 heterocycles. The van der Waals surface area contributed by atoms with Crippen molar-refractivity contribution in [3.63, 3.8) is 0 Å². The Labute approximate surface area is 164 Å². The third kappa shape index (κ3) is 4.07. The fourth-order valence-corrected chi connectivity index (χ4v) is 3.15. The van der Waals surface area contributed by atoms with Gasteiger partial charge in [-0.1, -0.05) is 42.0 Å². The Morgan fingerprint density at radius 3 is 2.46 bits per heavy atom. The molecule has 2 aromatic carbocycles. The summed E-state index contributed by atoms with van der Waals surface area (Å²) in [5.74, 6) is -0.351. The summed E-state index contributed by atoms with van der Waals surface area (Å²) in [6.07, 6.45) is 0. The van der Waals surface area contributed by atoms with Gasteiger partial charge >= 0.3 is 0 Å². The van der Waals surface area contributed by atoms with Gasteiger partial charge in [-0.15, -0.1) is 0 Å². The van der Waals surface area contributed by atoms with Crippen LogP contribution in [0.15, 0.2) is 53.3 Å². The van der Waals surface area contributed by atoms with Crippen LogP contribution < -0.4 is 10.9 Å². The van der Waals surface area contributed by atoms with Gasteiger partial charge in [-0.3, -0.25) is 14.3 Å². The molecule has 0 fully saturated rings. The van der Waals surface area contributed by atoms with Crippen molar-refractivity contribution in [2.75, 3.05) is 11.9 Å². The first kappa shape index (κ1) is 19.6. The number of anilines is 1. The van der Waals surface area contributed by atoms with Crippen LogP contribution >= 0.6 is 0 Å². The van der Waals surface area contributed by atoms with Gasteiger partial charge in [-0.05, 0) is 44.0 Å². The molecule has 0 unspecified atom stereocenters. The lowest BCUT2D eigenvalue weighted by Crippen LogP contribution is -2.25. The van der Waals surface area contributed by atoms with E-state index in [4.69, 9.17) is 4.74 Å².